The summed E-state index contributed by atoms with van der Waals surface area (Å²) in [5, 5.41) is 0. The predicted molar refractivity (Wildman–Crippen MR) is 102 cm³/mol. The standard InChI is InChI=1S/C24H20O/c1-17-21(18-11-5-2-6-12-18)22(19-13-7-3-8-14-19)23(24(17)25)20-15-9-4-10-16-20/h2-16,22-23H,1H3. The molecule has 1 heteroatoms. The number of carbonyl (C=O) groups excluding carboxylic acids is 1. The lowest BCUT2D eigenvalue weighted by Gasteiger charge is -2.23. The van der Waals surface area contributed by atoms with Crippen molar-refractivity contribution in [1.82, 2.24) is 0 Å². The van der Waals surface area contributed by atoms with Gasteiger partial charge in [0.15, 0.2) is 5.78 Å². The van der Waals surface area contributed by atoms with Crippen molar-refractivity contribution in [2.24, 2.45) is 0 Å². The number of benzene rings is 3. The molecule has 0 heterocycles. The minimum atomic E-state index is -0.154. The lowest BCUT2D eigenvalue weighted by atomic mass is 9.78. The van der Waals surface area contributed by atoms with E-state index in [-0.39, 0.29) is 17.6 Å². The van der Waals surface area contributed by atoms with Crippen LogP contribution in [0.1, 0.15) is 35.4 Å². The predicted octanol–water partition coefficient (Wildman–Crippen LogP) is 5.61. The first-order valence-corrected chi connectivity index (χ1v) is 8.67. The number of ketones is 1. The van der Waals surface area contributed by atoms with Gasteiger partial charge in [-0.2, -0.15) is 0 Å². The molecule has 0 N–H and O–H groups in total. The zero-order valence-corrected chi connectivity index (χ0v) is 14.2. The molecule has 25 heavy (non-hydrogen) atoms. The zero-order chi connectivity index (χ0) is 17.2. The van der Waals surface area contributed by atoms with Crippen molar-refractivity contribution < 1.29 is 4.79 Å². The molecule has 1 nitrogen and oxygen atoms in total. The second kappa shape index (κ2) is 6.52. The summed E-state index contributed by atoms with van der Waals surface area (Å²) in [6.45, 7) is 1.98. The Balaban J connectivity index is 1.92. The van der Waals surface area contributed by atoms with E-state index >= 15 is 0 Å². The van der Waals surface area contributed by atoms with Gasteiger partial charge in [0, 0.05) is 5.92 Å². The van der Waals surface area contributed by atoms with Gasteiger partial charge >= 0.3 is 0 Å². The highest BCUT2D eigenvalue weighted by atomic mass is 16.1. The van der Waals surface area contributed by atoms with Crippen molar-refractivity contribution in [3.63, 3.8) is 0 Å². The number of rotatable bonds is 3. The van der Waals surface area contributed by atoms with Crippen molar-refractivity contribution in [1.29, 1.82) is 0 Å². The third kappa shape index (κ3) is 2.72. The van der Waals surface area contributed by atoms with Crippen molar-refractivity contribution in [2.45, 2.75) is 18.8 Å². The molecule has 0 radical (unpaired) electrons. The summed E-state index contributed by atoms with van der Waals surface area (Å²) in [4.78, 5) is 13.2. The molecule has 0 bridgehead atoms. The monoisotopic (exact) mass is 324 g/mol. The largest absolute Gasteiger partial charge is 0.294 e. The average Bonchev–Trinajstić information content (AvgIpc) is 2.95. The summed E-state index contributed by atoms with van der Waals surface area (Å²) in [7, 11) is 0. The lowest BCUT2D eigenvalue weighted by molar-refractivity contribution is -0.116. The smallest absolute Gasteiger partial charge is 0.167 e. The molecular formula is C24H20O. The molecular weight excluding hydrogens is 304 g/mol. The number of Topliss-reactive ketones (excluding diaryl/α,β-unsaturated/α-hetero) is 1. The van der Waals surface area contributed by atoms with Gasteiger partial charge in [0.25, 0.3) is 0 Å². The molecule has 2 unspecified atom stereocenters. The fourth-order valence-electron chi connectivity index (χ4n) is 3.95. The summed E-state index contributed by atoms with van der Waals surface area (Å²) >= 11 is 0. The van der Waals surface area contributed by atoms with E-state index in [1.807, 2.05) is 49.4 Å². The quantitative estimate of drug-likeness (QED) is 0.612. The molecule has 0 fully saturated rings. The summed E-state index contributed by atoms with van der Waals surface area (Å²) < 4.78 is 0. The van der Waals surface area contributed by atoms with Crippen LogP contribution in [0.5, 0.6) is 0 Å². The van der Waals surface area contributed by atoms with Crippen molar-refractivity contribution in [3.8, 4) is 0 Å². The van der Waals surface area contributed by atoms with Crippen LogP contribution in [0.3, 0.4) is 0 Å². The Kier molecular flexibility index (Phi) is 4.07. The average molecular weight is 324 g/mol. The summed E-state index contributed by atoms with van der Waals surface area (Å²) in [6.07, 6.45) is 0. The summed E-state index contributed by atoms with van der Waals surface area (Å²) in [6, 6.07) is 30.9. The Labute approximate surface area is 148 Å². The molecule has 4 rings (SSSR count). The maximum atomic E-state index is 13.2. The topological polar surface area (TPSA) is 17.1 Å². The zero-order valence-electron chi connectivity index (χ0n) is 14.2. The number of hydrogen-bond donors (Lipinski definition) is 0. The van der Waals surface area contributed by atoms with E-state index in [4.69, 9.17) is 0 Å². The maximum Gasteiger partial charge on any atom is 0.167 e. The van der Waals surface area contributed by atoms with Gasteiger partial charge in [-0.05, 0) is 34.8 Å². The van der Waals surface area contributed by atoms with E-state index in [2.05, 4.69) is 48.5 Å². The van der Waals surface area contributed by atoms with Crippen LogP contribution in [0.15, 0.2) is 96.6 Å². The van der Waals surface area contributed by atoms with E-state index in [0.717, 1.165) is 22.3 Å². The Morgan fingerprint density at radius 2 is 1.04 bits per heavy atom. The highest BCUT2D eigenvalue weighted by Gasteiger charge is 2.41. The minimum Gasteiger partial charge on any atom is -0.294 e. The third-order valence-corrected chi connectivity index (χ3v) is 5.10. The van der Waals surface area contributed by atoms with Gasteiger partial charge in [-0.25, -0.2) is 0 Å². The van der Waals surface area contributed by atoms with Crippen molar-refractivity contribution >= 4 is 11.4 Å². The van der Waals surface area contributed by atoms with Gasteiger partial charge in [-0.1, -0.05) is 91.0 Å². The summed E-state index contributed by atoms with van der Waals surface area (Å²) in [5.74, 6) is 0.135. The normalized spacial score (nSPS) is 20.1. The van der Waals surface area contributed by atoms with Gasteiger partial charge in [-0.15, -0.1) is 0 Å². The fourth-order valence-corrected chi connectivity index (χ4v) is 3.95. The van der Waals surface area contributed by atoms with Gasteiger partial charge in [0.05, 0.1) is 5.92 Å². The number of hydrogen-bond acceptors (Lipinski definition) is 1. The van der Waals surface area contributed by atoms with Gasteiger partial charge < -0.3 is 0 Å². The molecule has 0 spiro atoms. The first-order chi connectivity index (χ1) is 12.3. The fraction of sp³-hybridized carbons (Fsp3) is 0.125. The van der Waals surface area contributed by atoms with E-state index < -0.39 is 0 Å². The molecule has 0 aliphatic heterocycles. The highest BCUT2D eigenvalue weighted by molar-refractivity contribution is 6.13. The molecule has 0 saturated carbocycles. The molecule has 0 saturated heterocycles. The Morgan fingerprint density at radius 1 is 0.600 bits per heavy atom. The minimum absolute atomic E-state index is 0.0542. The molecule has 0 aromatic heterocycles. The highest BCUT2D eigenvalue weighted by Crippen LogP contribution is 2.51. The van der Waals surface area contributed by atoms with Gasteiger partial charge in [0.1, 0.15) is 0 Å². The van der Waals surface area contributed by atoms with Crippen LogP contribution < -0.4 is 0 Å². The summed E-state index contributed by atoms with van der Waals surface area (Å²) in [5.41, 5.74) is 5.47. The molecule has 3 aromatic rings. The van der Waals surface area contributed by atoms with E-state index in [1.54, 1.807) is 0 Å². The maximum absolute atomic E-state index is 13.2. The van der Waals surface area contributed by atoms with Crippen LogP contribution in [0.25, 0.3) is 5.57 Å². The second-order valence-corrected chi connectivity index (χ2v) is 6.55. The first-order valence-electron chi connectivity index (χ1n) is 8.67. The van der Waals surface area contributed by atoms with E-state index in [1.165, 1.54) is 5.56 Å². The van der Waals surface area contributed by atoms with Crippen LogP contribution in [0, 0.1) is 0 Å². The molecule has 1 aliphatic rings. The Morgan fingerprint density at radius 3 is 1.56 bits per heavy atom. The molecule has 0 amide bonds. The molecule has 1 aliphatic carbocycles. The Hall–Kier alpha value is -2.93. The number of carbonyl (C=O) groups is 1. The van der Waals surface area contributed by atoms with Crippen LogP contribution in [0.2, 0.25) is 0 Å². The molecule has 3 aromatic carbocycles. The SMILES string of the molecule is CC1=C(c2ccccc2)C(c2ccccc2)C(c2ccccc2)C1=O. The molecule has 122 valence electrons. The van der Waals surface area contributed by atoms with Crippen LogP contribution in [-0.2, 0) is 4.79 Å². The molecule has 2 atom stereocenters. The van der Waals surface area contributed by atoms with Crippen LogP contribution >= 0.6 is 0 Å². The van der Waals surface area contributed by atoms with Crippen LogP contribution in [-0.4, -0.2) is 5.78 Å². The lowest BCUT2D eigenvalue weighted by Crippen LogP contribution is -2.14. The van der Waals surface area contributed by atoms with E-state index in [0.29, 0.717) is 0 Å². The second-order valence-electron chi connectivity index (χ2n) is 6.55. The van der Waals surface area contributed by atoms with E-state index in [9.17, 15) is 4.79 Å². The number of allylic oxidation sites excluding steroid dienone is 2. The first kappa shape index (κ1) is 15.6. The third-order valence-electron chi connectivity index (χ3n) is 5.10. The van der Waals surface area contributed by atoms with Gasteiger partial charge in [0.2, 0.25) is 0 Å². The Bertz CT molecular complexity index is 908. The van der Waals surface area contributed by atoms with Crippen molar-refractivity contribution in [3.05, 3.63) is 113 Å². The van der Waals surface area contributed by atoms with Crippen LogP contribution in [0.4, 0.5) is 0 Å². The van der Waals surface area contributed by atoms with Crippen molar-refractivity contribution in [2.75, 3.05) is 0 Å². The van der Waals surface area contributed by atoms with Gasteiger partial charge in [-0.3, -0.25) is 4.79 Å².